The minimum Gasteiger partial charge on any atom is -0.342 e. The number of aromatic nitrogens is 2. The van der Waals surface area contributed by atoms with E-state index in [2.05, 4.69) is 39.4 Å². The fraction of sp³-hybridized carbons (Fsp3) is 0.529. The second-order valence-electron chi connectivity index (χ2n) is 6.09. The molecule has 3 rings (SSSR count). The van der Waals surface area contributed by atoms with Gasteiger partial charge in [-0.2, -0.15) is 4.98 Å². The molecular weight excluding hydrogens is 276 g/mol. The van der Waals surface area contributed by atoms with E-state index in [4.69, 9.17) is 4.52 Å². The maximum absolute atomic E-state index is 4.77. The summed E-state index contributed by atoms with van der Waals surface area (Å²) in [7, 11) is 0. The molecule has 2 heterocycles. The van der Waals surface area contributed by atoms with Gasteiger partial charge in [-0.25, -0.2) is 0 Å². The quantitative estimate of drug-likeness (QED) is 0.889. The minimum atomic E-state index is 0.509. The van der Waals surface area contributed by atoms with Crippen LogP contribution in [0.1, 0.15) is 31.7 Å². The summed E-state index contributed by atoms with van der Waals surface area (Å²) >= 11 is 0. The molecule has 1 aromatic heterocycles. The molecule has 1 unspecified atom stereocenters. The Hall–Kier alpha value is -1.72. The highest BCUT2D eigenvalue weighted by molar-refractivity contribution is 5.54. The maximum Gasteiger partial charge on any atom is 0.214 e. The van der Waals surface area contributed by atoms with Gasteiger partial charge in [-0.05, 0) is 38.4 Å². The van der Waals surface area contributed by atoms with E-state index < -0.39 is 0 Å². The summed E-state index contributed by atoms with van der Waals surface area (Å²) in [6.45, 7) is 6.81. The zero-order valence-electron chi connectivity index (χ0n) is 13.2. The Morgan fingerprint density at radius 1 is 1.18 bits per heavy atom. The van der Waals surface area contributed by atoms with Gasteiger partial charge in [0.2, 0.25) is 12.2 Å². The Bertz CT molecular complexity index is 547. The van der Waals surface area contributed by atoms with Crippen LogP contribution < -0.4 is 5.32 Å². The predicted molar refractivity (Wildman–Crippen MR) is 86.3 cm³/mol. The van der Waals surface area contributed by atoms with Crippen molar-refractivity contribution in [1.82, 2.24) is 20.4 Å². The third-order valence-electron chi connectivity index (χ3n) is 4.21. The highest BCUT2D eigenvalue weighted by atomic mass is 16.5. The SMILES string of the molecule is CC(CN1CCCCC1)NCc1ccc(-c2ncon2)cc1. The smallest absolute Gasteiger partial charge is 0.214 e. The fourth-order valence-corrected chi connectivity index (χ4v) is 2.96. The van der Waals surface area contributed by atoms with Crippen molar-refractivity contribution in [1.29, 1.82) is 0 Å². The van der Waals surface area contributed by atoms with Crippen LogP contribution in [0.5, 0.6) is 0 Å². The van der Waals surface area contributed by atoms with Crippen LogP contribution in [0.4, 0.5) is 0 Å². The molecule has 5 heteroatoms. The second-order valence-corrected chi connectivity index (χ2v) is 6.09. The molecule has 1 aliphatic rings. The van der Waals surface area contributed by atoms with Crippen LogP contribution in [0.2, 0.25) is 0 Å². The average molecular weight is 300 g/mol. The molecular formula is C17H24N4O. The highest BCUT2D eigenvalue weighted by Crippen LogP contribution is 2.15. The first kappa shape index (κ1) is 15.2. The number of likely N-dealkylation sites (tertiary alicyclic amines) is 1. The van der Waals surface area contributed by atoms with Crippen molar-refractivity contribution in [2.24, 2.45) is 0 Å². The zero-order chi connectivity index (χ0) is 15.2. The van der Waals surface area contributed by atoms with Gasteiger partial charge in [-0.1, -0.05) is 35.8 Å². The van der Waals surface area contributed by atoms with Crippen molar-refractivity contribution in [3.05, 3.63) is 36.2 Å². The molecule has 1 fully saturated rings. The first-order chi connectivity index (χ1) is 10.8. The first-order valence-corrected chi connectivity index (χ1v) is 8.13. The molecule has 1 aliphatic heterocycles. The van der Waals surface area contributed by atoms with E-state index >= 15 is 0 Å². The standard InChI is InChI=1S/C17H24N4O/c1-14(12-21-9-3-2-4-10-21)18-11-15-5-7-16(8-6-15)17-19-13-22-20-17/h5-8,13-14,18H,2-4,9-12H2,1H3. The van der Waals surface area contributed by atoms with E-state index in [9.17, 15) is 0 Å². The average Bonchev–Trinajstić information content (AvgIpc) is 3.09. The van der Waals surface area contributed by atoms with Crippen LogP contribution in [-0.2, 0) is 6.54 Å². The van der Waals surface area contributed by atoms with Gasteiger partial charge in [0, 0.05) is 24.7 Å². The Morgan fingerprint density at radius 2 is 1.95 bits per heavy atom. The molecule has 5 nitrogen and oxygen atoms in total. The van der Waals surface area contributed by atoms with Crippen molar-refractivity contribution < 1.29 is 4.52 Å². The van der Waals surface area contributed by atoms with Gasteiger partial charge in [0.05, 0.1) is 0 Å². The Labute approximate surface area is 131 Å². The molecule has 0 spiro atoms. The van der Waals surface area contributed by atoms with Crippen LogP contribution in [0, 0.1) is 0 Å². The zero-order valence-corrected chi connectivity index (χ0v) is 13.2. The largest absolute Gasteiger partial charge is 0.342 e. The van der Waals surface area contributed by atoms with E-state index in [1.807, 2.05) is 12.1 Å². The normalized spacial score (nSPS) is 17.5. The lowest BCUT2D eigenvalue weighted by molar-refractivity contribution is 0.209. The van der Waals surface area contributed by atoms with Gasteiger partial charge in [0.25, 0.3) is 0 Å². The van der Waals surface area contributed by atoms with Crippen molar-refractivity contribution >= 4 is 0 Å². The summed E-state index contributed by atoms with van der Waals surface area (Å²) < 4.78 is 4.77. The Morgan fingerprint density at radius 3 is 2.64 bits per heavy atom. The number of hydrogen-bond acceptors (Lipinski definition) is 5. The van der Waals surface area contributed by atoms with Crippen LogP contribution in [0.3, 0.4) is 0 Å². The number of nitrogens with one attached hydrogen (secondary N) is 1. The van der Waals surface area contributed by atoms with Crippen LogP contribution in [0.15, 0.2) is 35.2 Å². The Balaban J connectivity index is 1.46. The van der Waals surface area contributed by atoms with Crippen LogP contribution in [-0.4, -0.2) is 40.7 Å². The minimum absolute atomic E-state index is 0.509. The van der Waals surface area contributed by atoms with Gasteiger partial charge in [-0.3, -0.25) is 0 Å². The van der Waals surface area contributed by atoms with E-state index in [1.165, 1.54) is 44.3 Å². The molecule has 1 aromatic carbocycles. The molecule has 1 N–H and O–H groups in total. The van der Waals surface area contributed by atoms with Crippen molar-refractivity contribution in [3.63, 3.8) is 0 Å². The van der Waals surface area contributed by atoms with Crippen LogP contribution in [0.25, 0.3) is 11.4 Å². The molecule has 2 aromatic rings. The van der Waals surface area contributed by atoms with Crippen LogP contribution >= 0.6 is 0 Å². The summed E-state index contributed by atoms with van der Waals surface area (Å²) in [4.78, 5) is 6.63. The van der Waals surface area contributed by atoms with Gasteiger partial charge >= 0.3 is 0 Å². The molecule has 0 amide bonds. The summed E-state index contributed by atoms with van der Waals surface area (Å²) in [5, 5.41) is 7.46. The number of hydrogen-bond donors (Lipinski definition) is 1. The molecule has 118 valence electrons. The van der Waals surface area contributed by atoms with Gasteiger partial charge in [0.1, 0.15) is 0 Å². The fourth-order valence-electron chi connectivity index (χ4n) is 2.96. The summed E-state index contributed by atoms with van der Waals surface area (Å²) in [5.41, 5.74) is 2.26. The lowest BCUT2D eigenvalue weighted by Gasteiger charge is -2.29. The summed E-state index contributed by atoms with van der Waals surface area (Å²) in [5.74, 6) is 0.637. The third-order valence-corrected chi connectivity index (χ3v) is 4.21. The summed E-state index contributed by atoms with van der Waals surface area (Å²) in [6.07, 6.45) is 5.45. The molecule has 0 aliphatic carbocycles. The molecule has 0 saturated carbocycles. The monoisotopic (exact) mass is 300 g/mol. The van der Waals surface area contributed by atoms with Gasteiger partial charge < -0.3 is 14.7 Å². The van der Waals surface area contributed by atoms with Crippen molar-refractivity contribution in [2.75, 3.05) is 19.6 Å². The van der Waals surface area contributed by atoms with Crippen molar-refractivity contribution in [3.8, 4) is 11.4 Å². The van der Waals surface area contributed by atoms with E-state index in [0.29, 0.717) is 11.9 Å². The third kappa shape index (κ3) is 4.15. The van der Waals surface area contributed by atoms with E-state index in [0.717, 1.165) is 18.7 Å². The molecule has 0 radical (unpaired) electrons. The highest BCUT2D eigenvalue weighted by Gasteiger charge is 2.13. The number of rotatable bonds is 6. The molecule has 0 bridgehead atoms. The molecule has 1 atom stereocenters. The maximum atomic E-state index is 4.77. The predicted octanol–water partition coefficient (Wildman–Crippen LogP) is 2.70. The topological polar surface area (TPSA) is 54.2 Å². The lowest BCUT2D eigenvalue weighted by Crippen LogP contribution is -2.41. The number of piperidine rings is 1. The van der Waals surface area contributed by atoms with Gasteiger partial charge in [-0.15, -0.1) is 0 Å². The Kier molecular flexibility index (Phi) is 5.19. The van der Waals surface area contributed by atoms with E-state index in [1.54, 1.807) is 0 Å². The second kappa shape index (κ2) is 7.51. The molecule has 22 heavy (non-hydrogen) atoms. The number of benzene rings is 1. The van der Waals surface area contributed by atoms with E-state index in [-0.39, 0.29) is 0 Å². The van der Waals surface area contributed by atoms with Crippen molar-refractivity contribution in [2.45, 2.75) is 38.8 Å². The number of nitrogens with zero attached hydrogens (tertiary/aromatic N) is 3. The first-order valence-electron chi connectivity index (χ1n) is 8.13. The molecule has 1 saturated heterocycles. The lowest BCUT2D eigenvalue weighted by atomic mass is 10.1. The summed E-state index contributed by atoms with van der Waals surface area (Å²) in [6, 6.07) is 8.82. The van der Waals surface area contributed by atoms with Gasteiger partial charge in [0.15, 0.2) is 0 Å².